The summed E-state index contributed by atoms with van der Waals surface area (Å²) in [6.45, 7) is 7.37. The van der Waals surface area contributed by atoms with Crippen molar-refractivity contribution in [1.29, 1.82) is 0 Å². The lowest BCUT2D eigenvalue weighted by molar-refractivity contribution is 0.240. The van der Waals surface area contributed by atoms with Crippen molar-refractivity contribution in [3.63, 3.8) is 0 Å². The molecule has 0 heterocycles. The molecule has 4 heteroatoms. The van der Waals surface area contributed by atoms with Gasteiger partial charge in [0.05, 0.1) is 12.7 Å². The van der Waals surface area contributed by atoms with E-state index in [2.05, 4.69) is 47.0 Å². The molecule has 2 rings (SSSR count). The van der Waals surface area contributed by atoms with E-state index in [1.165, 1.54) is 16.3 Å². The molecule has 120 valence electrons. The molecule has 0 atom stereocenters. The first-order chi connectivity index (χ1) is 10.7. The molecule has 0 aliphatic carbocycles. The first-order valence-electron chi connectivity index (χ1n) is 7.92. The summed E-state index contributed by atoms with van der Waals surface area (Å²) in [5.74, 6) is 0.949. The molecular weight excluding hydrogens is 276 g/mol. The van der Waals surface area contributed by atoms with E-state index in [0.717, 1.165) is 25.4 Å². The third-order valence-electron chi connectivity index (χ3n) is 3.43. The number of aliphatic hydroxyl groups excluding tert-OH is 1. The Balaban J connectivity index is 2.10. The fourth-order valence-electron chi connectivity index (χ4n) is 2.46. The minimum atomic E-state index is 0.158. The average molecular weight is 302 g/mol. The number of hydrogen-bond donors (Lipinski definition) is 3. The highest BCUT2D eigenvalue weighted by molar-refractivity contribution is 5.87. The first kappa shape index (κ1) is 16.7. The van der Waals surface area contributed by atoms with E-state index in [1.54, 1.807) is 0 Å². The van der Waals surface area contributed by atoms with Gasteiger partial charge in [-0.25, -0.2) is 0 Å². The number of hydrogen-bond acceptors (Lipinski definition) is 4. The van der Waals surface area contributed by atoms with Crippen molar-refractivity contribution < 1.29 is 9.84 Å². The maximum absolute atomic E-state index is 8.74. The first-order valence-corrected chi connectivity index (χ1v) is 7.92. The molecule has 0 aliphatic rings. The molecule has 0 bridgehead atoms. The zero-order valence-electron chi connectivity index (χ0n) is 13.4. The molecule has 0 aromatic heterocycles. The SMILES string of the molecule is CC(C)Oc1ccc2ccccc2c1CNCCNCCO. The molecular formula is C18H26N2O2. The quantitative estimate of drug-likeness (QED) is 0.622. The second-order valence-electron chi connectivity index (χ2n) is 5.58. The predicted octanol–water partition coefficient (Wildman–Crippen LogP) is 2.30. The summed E-state index contributed by atoms with van der Waals surface area (Å²) < 4.78 is 5.96. The number of rotatable bonds is 9. The summed E-state index contributed by atoms with van der Waals surface area (Å²) in [5.41, 5.74) is 1.20. The topological polar surface area (TPSA) is 53.5 Å². The second-order valence-corrected chi connectivity index (χ2v) is 5.58. The van der Waals surface area contributed by atoms with Crippen molar-refractivity contribution in [1.82, 2.24) is 10.6 Å². The molecule has 4 nitrogen and oxygen atoms in total. The minimum absolute atomic E-state index is 0.158. The van der Waals surface area contributed by atoms with Crippen molar-refractivity contribution in [2.75, 3.05) is 26.2 Å². The molecule has 22 heavy (non-hydrogen) atoms. The highest BCUT2D eigenvalue weighted by atomic mass is 16.5. The van der Waals surface area contributed by atoms with Gasteiger partial charge in [-0.1, -0.05) is 30.3 Å². The zero-order chi connectivity index (χ0) is 15.8. The molecule has 0 fully saturated rings. The molecule has 0 amide bonds. The molecule has 0 radical (unpaired) electrons. The van der Waals surface area contributed by atoms with Gasteiger partial charge >= 0.3 is 0 Å². The summed E-state index contributed by atoms with van der Waals surface area (Å²) >= 11 is 0. The number of aliphatic hydroxyl groups is 1. The van der Waals surface area contributed by atoms with Gasteiger partial charge in [0.25, 0.3) is 0 Å². The Kier molecular flexibility index (Phi) is 6.65. The fourth-order valence-corrected chi connectivity index (χ4v) is 2.46. The van der Waals surface area contributed by atoms with E-state index >= 15 is 0 Å². The Labute approximate surface area is 132 Å². The molecule has 0 saturated carbocycles. The monoisotopic (exact) mass is 302 g/mol. The lowest BCUT2D eigenvalue weighted by atomic mass is 10.0. The smallest absolute Gasteiger partial charge is 0.124 e. The molecule has 0 spiro atoms. The van der Waals surface area contributed by atoms with Crippen molar-refractivity contribution in [3.05, 3.63) is 42.0 Å². The van der Waals surface area contributed by atoms with E-state index in [4.69, 9.17) is 9.84 Å². The van der Waals surface area contributed by atoms with Gasteiger partial charge in [-0.15, -0.1) is 0 Å². The number of fused-ring (bicyclic) bond motifs is 1. The van der Waals surface area contributed by atoms with Gasteiger partial charge in [-0.3, -0.25) is 0 Å². The van der Waals surface area contributed by atoms with E-state index < -0.39 is 0 Å². The maximum atomic E-state index is 8.74. The van der Waals surface area contributed by atoms with Crippen molar-refractivity contribution in [2.24, 2.45) is 0 Å². The highest BCUT2D eigenvalue weighted by Crippen LogP contribution is 2.28. The van der Waals surface area contributed by atoms with Crippen LogP contribution in [0.25, 0.3) is 10.8 Å². The van der Waals surface area contributed by atoms with Crippen LogP contribution in [-0.4, -0.2) is 37.5 Å². The van der Waals surface area contributed by atoms with Gasteiger partial charge in [0.2, 0.25) is 0 Å². The van der Waals surface area contributed by atoms with E-state index in [-0.39, 0.29) is 12.7 Å². The molecule has 0 saturated heterocycles. The van der Waals surface area contributed by atoms with Gasteiger partial charge < -0.3 is 20.5 Å². The van der Waals surface area contributed by atoms with Gasteiger partial charge in [-0.2, -0.15) is 0 Å². The lowest BCUT2D eigenvalue weighted by Gasteiger charge is -2.17. The van der Waals surface area contributed by atoms with Crippen LogP contribution >= 0.6 is 0 Å². The van der Waals surface area contributed by atoms with E-state index in [0.29, 0.717) is 6.54 Å². The average Bonchev–Trinajstić information content (AvgIpc) is 2.51. The van der Waals surface area contributed by atoms with Crippen LogP contribution in [0.5, 0.6) is 5.75 Å². The van der Waals surface area contributed by atoms with Gasteiger partial charge in [0, 0.05) is 31.7 Å². The number of nitrogens with one attached hydrogen (secondary N) is 2. The normalized spacial score (nSPS) is 11.3. The van der Waals surface area contributed by atoms with E-state index in [1.807, 2.05) is 13.8 Å². The van der Waals surface area contributed by atoms with E-state index in [9.17, 15) is 0 Å². The molecule has 3 N–H and O–H groups in total. The molecule has 0 unspecified atom stereocenters. The summed E-state index contributed by atoms with van der Waals surface area (Å²) in [6, 6.07) is 12.6. The van der Waals surface area contributed by atoms with Crippen LogP contribution in [0, 0.1) is 0 Å². The van der Waals surface area contributed by atoms with Gasteiger partial charge in [0.15, 0.2) is 0 Å². The van der Waals surface area contributed by atoms with Crippen LogP contribution in [-0.2, 0) is 6.54 Å². The predicted molar refractivity (Wildman–Crippen MR) is 91.4 cm³/mol. The minimum Gasteiger partial charge on any atom is -0.491 e. The van der Waals surface area contributed by atoms with Crippen LogP contribution in [0.2, 0.25) is 0 Å². The van der Waals surface area contributed by atoms with Crippen LogP contribution < -0.4 is 15.4 Å². The van der Waals surface area contributed by atoms with Gasteiger partial charge in [0.1, 0.15) is 5.75 Å². The summed E-state index contributed by atoms with van der Waals surface area (Å²) in [4.78, 5) is 0. The number of ether oxygens (including phenoxy) is 1. The van der Waals surface area contributed by atoms with Crippen molar-refractivity contribution in [2.45, 2.75) is 26.5 Å². The highest BCUT2D eigenvalue weighted by Gasteiger charge is 2.09. The Hall–Kier alpha value is -1.62. The summed E-state index contributed by atoms with van der Waals surface area (Å²) in [7, 11) is 0. The number of benzene rings is 2. The standard InChI is InChI=1S/C18H26N2O2/c1-14(2)22-18-8-7-15-5-3-4-6-16(15)17(18)13-20-10-9-19-11-12-21/h3-8,14,19-21H,9-13H2,1-2H3. The third-order valence-corrected chi connectivity index (χ3v) is 3.43. The molecule has 0 aliphatic heterocycles. The Bertz CT molecular complexity index is 584. The third kappa shape index (κ3) is 4.70. The summed E-state index contributed by atoms with van der Waals surface area (Å²) in [6.07, 6.45) is 0.158. The Morgan fingerprint density at radius 1 is 1.00 bits per heavy atom. The lowest BCUT2D eigenvalue weighted by Crippen LogP contribution is -2.29. The fraction of sp³-hybridized carbons (Fsp3) is 0.444. The summed E-state index contributed by atoms with van der Waals surface area (Å²) in [5, 5.41) is 17.8. The van der Waals surface area contributed by atoms with Crippen LogP contribution in [0.1, 0.15) is 19.4 Å². The zero-order valence-corrected chi connectivity index (χ0v) is 13.4. The van der Waals surface area contributed by atoms with Crippen LogP contribution in [0.4, 0.5) is 0 Å². The second kappa shape index (κ2) is 8.73. The molecule has 2 aromatic rings. The van der Waals surface area contributed by atoms with Gasteiger partial charge in [-0.05, 0) is 30.7 Å². The van der Waals surface area contributed by atoms with Crippen LogP contribution in [0.15, 0.2) is 36.4 Å². The molecule has 2 aromatic carbocycles. The van der Waals surface area contributed by atoms with Crippen LogP contribution in [0.3, 0.4) is 0 Å². The Morgan fingerprint density at radius 2 is 1.77 bits per heavy atom. The van der Waals surface area contributed by atoms with Crippen molar-refractivity contribution >= 4 is 10.8 Å². The Morgan fingerprint density at radius 3 is 2.55 bits per heavy atom. The maximum Gasteiger partial charge on any atom is 0.124 e. The van der Waals surface area contributed by atoms with Crippen molar-refractivity contribution in [3.8, 4) is 5.75 Å². The largest absolute Gasteiger partial charge is 0.491 e.